The Kier molecular flexibility index (Phi) is 9.00. The summed E-state index contributed by atoms with van der Waals surface area (Å²) in [5.41, 5.74) is 9.86. The van der Waals surface area contributed by atoms with Crippen molar-refractivity contribution in [3.05, 3.63) is 53.6 Å². The molecule has 224 valence electrons. The molecule has 2 saturated heterocycles. The summed E-state index contributed by atoms with van der Waals surface area (Å²) in [6, 6.07) is 11.8. The highest BCUT2D eigenvalue weighted by Crippen LogP contribution is 2.29. The highest BCUT2D eigenvalue weighted by Gasteiger charge is 2.41. The van der Waals surface area contributed by atoms with Gasteiger partial charge < -0.3 is 25.6 Å². The number of nitrogens with one attached hydrogen (secondary N) is 1. The maximum absolute atomic E-state index is 13.6. The Morgan fingerprint density at radius 2 is 1.90 bits per heavy atom. The van der Waals surface area contributed by atoms with Crippen LogP contribution in [0.4, 0.5) is 4.39 Å². The molecule has 5 rings (SSSR count). The van der Waals surface area contributed by atoms with Crippen molar-refractivity contribution >= 4 is 28.8 Å². The molecule has 4 atom stereocenters. The van der Waals surface area contributed by atoms with E-state index in [9.17, 15) is 18.8 Å². The number of halogens is 1. The van der Waals surface area contributed by atoms with Gasteiger partial charge in [0.25, 0.3) is 0 Å². The molecule has 0 spiro atoms. The number of rotatable bonds is 10. The van der Waals surface area contributed by atoms with Gasteiger partial charge in [-0.25, -0.2) is 9.07 Å². The first-order chi connectivity index (χ1) is 20.2. The van der Waals surface area contributed by atoms with Crippen LogP contribution in [-0.2, 0) is 34.4 Å². The van der Waals surface area contributed by atoms with Crippen LogP contribution in [-0.4, -0.2) is 87.5 Å². The molecule has 0 radical (unpaired) electrons. The SMILES string of the molecule is COc1ccc(C[C@@H]2C[C@@H](C(=O)NCc3ccc4c(c3)nnn4C)N(C(=O)[C@H](N)CCC(=O)N3CC[C@H](F)C3)C2)cc1. The number of amides is 3. The van der Waals surface area contributed by atoms with Crippen LogP contribution in [0, 0.1) is 5.92 Å². The molecule has 0 aliphatic carbocycles. The number of nitrogens with two attached hydrogens (primary N) is 1. The van der Waals surface area contributed by atoms with Crippen molar-refractivity contribution < 1.29 is 23.5 Å². The van der Waals surface area contributed by atoms with Gasteiger partial charge in [0.05, 0.1) is 25.2 Å². The Morgan fingerprint density at radius 3 is 2.62 bits per heavy atom. The summed E-state index contributed by atoms with van der Waals surface area (Å²) in [5, 5.41) is 11.1. The van der Waals surface area contributed by atoms with E-state index in [4.69, 9.17) is 10.5 Å². The van der Waals surface area contributed by atoms with Crippen LogP contribution < -0.4 is 15.8 Å². The van der Waals surface area contributed by atoms with Gasteiger partial charge in [0.1, 0.15) is 23.5 Å². The van der Waals surface area contributed by atoms with E-state index < -0.39 is 18.3 Å². The lowest BCUT2D eigenvalue weighted by atomic mass is 9.96. The van der Waals surface area contributed by atoms with Gasteiger partial charge in [-0.05, 0) is 67.0 Å². The zero-order valence-corrected chi connectivity index (χ0v) is 24.0. The summed E-state index contributed by atoms with van der Waals surface area (Å²) in [6.07, 6.45) is 0.710. The Balaban J connectivity index is 1.24. The molecule has 2 fully saturated rings. The number of aryl methyl sites for hydroxylation is 1. The Morgan fingerprint density at radius 1 is 1.14 bits per heavy atom. The molecule has 42 heavy (non-hydrogen) atoms. The summed E-state index contributed by atoms with van der Waals surface area (Å²) in [6.45, 7) is 1.13. The number of fused-ring (bicyclic) bond motifs is 1. The van der Waals surface area contributed by atoms with E-state index in [0.29, 0.717) is 32.4 Å². The number of alkyl halides is 1. The largest absolute Gasteiger partial charge is 0.497 e. The van der Waals surface area contributed by atoms with E-state index in [1.165, 1.54) is 4.90 Å². The van der Waals surface area contributed by atoms with E-state index in [2.05, 4.69) is 15.6 Å². The summed E-state index contributed by atoms with van der Waals surface area (Å²) in [7, 11) is 3.43. The average molecular weight is 580 g/mol. The maximum atomic E-state index is 13.6. The molecular formula is C30H38FN7O4. The van der Waals surface area contributed by atoms with Crippen LogP contribution in [0.15, 0.2) is 42.5 Å². The molecule has 1 aromatic heterocycles. The molecule has 2 aliphatic heterocycles. The number of aromatic nitrogens is 3. The summed E-state index contributed by atoms with van der Waals surface area (Å²) < 4.78 is 20.5. The number of carbonyl (C=O) groups excluding carboxylic acids is 3. The predicted molar refractivity (Wildman–Crippen MR) is 154 cm³/mol. The minimum Gasteiger partial charge on any atom is -0.497 e. The monoisotopic (exact) mass is 579 g/mol. The topological polar surface area (TPSA) is 136 Å². The zero-order valence-electron chi connectivity index (χ0n) is 24.0. The Labute approximate surface area is 244 Å². The smallest absolute Gasteiger partial charge is 0.243 e. The first-order valence-corrected chi connectivity index (χ1v) is 14.4. The molecule has 12 heteroatoms. The third kappa shape index (κ3) is 6.70. The van der Waals surface area contributed by atoms with E-state index in [1.54, 1.807) is 16.7 Å². The molecule has 0 unspecified atom stereocenters. The van der Waals surface area contributed by atoms with Gasteiger partial charge in [-0.3, -0.25) is 14.4 Å². The van der Waals surface area contributed by atoms with Gasteiger partial charge in [0, 0.05) is 33.1 Å². The normalized spacial score (nSPS) is 21.1. The third-order valence-corrected chi connectivity index (χ3v) is 8.27. The highest BCUT2D eigenvalue weighted by atomic mass is 19.1. The van der Waals surface area contributed by atoms with Crippen LogP contribution in [0.2, 0.25) is 0 Å². The summed E-state index contributed by atoms with van der Waals surface area (Å²) in [5.74, 6) is -0.00368. The predicted octanol–water partition coefficient (Wildman–Crippen LogP) is 1.73. The van der Waals surface area contributed by atoms with Crippen LogP contribution >= 0.6 is 0 Å². The van der Waals surface area contributed by atoms with E-state index in [0.717, 1.165) is 27.9 Å². The van der Waals surface area contributed by atoms with Crippen LogP contribution in [0.25, 0.3) is 11.0 Å². The van der Waals surface area contributed by atoms with E-state index in [1.807, 2.05) is 49.5 Å². The Bertz CT molecular complexity index is 1430. The van der Waals surface area contributed by atoms with Crippen molar-refractivity contribution in [2.45, 2.75) is 56.9 Å². The lowest BCUT2D eigenvalue weighted by Crippen LogP contribution is -2.51. The van der Waals surface area contributed by atoms with Crippen molar-refractivity contribution in [1.82, 2.24) is 30.1 Å². The lowest BCUT2D eigenvalue weighted by Gasteiger charge is -2.27. The molecule has 3 aromatic rings. The second-order valence-corrected chi connectivity index (χ2v) is 11.3. The number of nitrogens with zero attached hydrogens (tertiary/aromatic N) is 5. The number of benzene rings is 2. The van der Waals surface area contributed by atoms with Gasteiger partial charge >= 0.3 is 0 Å². The maximum Gasteiger partial charge on any atom is 0.243 e. The molecule has 3 amide bonds. The average Bonchev–Trinajstić information content (AvgIpc) is 3.73. The quantitative estimate of drug-likeness (QED) is 0.373. The zero-order chi connectivity index (χ0) is 29.8. The fraction of sp³-hybridized carbons (Fsp3) is 0.500. The standard InChI is InChI=1S/C30H38FN7O4/c1-36-26-9-5-20(14-25(26)34-35-36)16-33-29(40)27-15-21(13-19-3-6-23(42-2)7-4-19)17-38(27)30(41)24(32)8-10-28(39)37-12-11-22(31)18-37/h3-7,9,14,21-22,24,27H,8,10-13,15-18,32H2,1-2H3,(H,33,40)/t21-,22+,24-,27+/m1/s1. The second kappa shape index (κ2) is 12.8. The minimum absolute atomic E-state index is 0.0500. The van der Waals surface area contributed by atoms with Crippen molar-refractivity contribution in [3.63, 3.8) is 0 Å². The number of hydrogen-bond donors (Lipinski definition) is 2. The number of methoxy groups -OCH3 is 1. The van der Waals surface area contributed by atoms with Gasteiger partial charge in [-0.2, -0.15) is 0 Å². The lowest BCUT2D eigenvalue weighted by molar-refractivity contribution is -0.140. The summed E-state index contributed by atoms with van der Waals surface area (Å²) >= 11 is 0. The van der Waals surface area contributed by atoms with Crippen LogP contribution in [0.3, 0.4) is 0 Å². The number of likely N-dealkylation sites (tertiary alicyclic amines) is 2. The van der Waals surface area contributed by atoms with Gasteiger partial charge in [-0.15, -0.1) is 5.10 Å². The van der Waals surface area contributed by atoms with Crippen molar-refractivity contribution in [2.75, 3.05) is 26.7 Å². The molecule has 11 nitrogen and oxygen atoms in total. The molecule has 3 N–H and O–H groups in total. The molecule has 2 aromatic carbocycles. The van der Waals surface area contributed by atoms with Crippen LogP contribution in [0.1, 0.15) is 36.8 Å². The summed E-state index contributed by atoms with van der Waals surface area (Å²) in [4.78, 5) is 42.6. The van der Waals surface area contributed by atoms with Crippen LogP contribution in [0.5, 0.6) is 5.75 Å². The third-order valence-electron chi connectivity index (χ3n) is 8.27. The molecule has 2 aliphatic rings. The number of ether oxygens (including phenoxy) is 1. The fourth-order valence-corrected chi connectivity index (χ4v) is 5.88. The number of hydrogen-bond acceptors (Lipinski definition) is 7. The second-order valence-electron chi connectivity index (χ2n) is 11.3. The van der Waals surface area contributed by atoms with Gasteiger partial charge in [0.2, 0.25) is 17.7 Å². The minimum atomic E-state index is -1.00. The molecule has 0 bridgehead atoms. The van der Waals surface area contributed by atoms with E-state index in [-0.39, 0.29) is 49.6 Å². The molecule has 0 saturated carbocycles. The highest BCUT2D eigenvalue weighted by molar-refractivity contribution is 5.91. The van der Waals surface area contributed by atoms with Gasteiger partial charge in [0.15, 0.2) is 0 Å². The van der Waals surface area contributed by atoms with Gasteiger partial charge in [-0.1, -0.05) is 23.4 Å². The van der Waals surface area contributed by atoms with Crippen molar-refractivity contribution in [3.8, 4) is 5.75 Å². The molecule has 3 heterocycles. The molecular weight excluding hydrogens is 541 g/mol. The van der Waals surface area contributed by atoms with Crippen molar-refractivity contribution in [2.24, 2.45) is 18.7 Å². The first kappa shape index (κ1) is 29.4. The Hall–Kier alpha value is -4.06. The van der Waals surface area contributed by atoms with E-state index >= 15 is 0 Å². The first-order valence-electron chi connectivity index (χ1n) is 14.4. The van der Waals surface area contributed by atoms with Crippen molar-refractivity contribution in [1.29, 1.82) is 0 Å². The fourth-order valence-electron chi connectivity index (χ4n) is 5.88. The number of carbonyl (C=O) groups is 3.